The van der Waals surface area contributed by atoms with Gasteiger partial charge < -0.3 is 15.8 Å². The third kappa shape index (κ3) is 1.72. The molecule has 1 heterocycles. The normalized spacial score (nSPS) is 10.8. The van der Waals surface area contributed by atoms with Gasteiger partial charge >= 0.3 is 0 Å². The first-order valence-corrected chi connectivity index (χ1v) is 5.40. The van der Waals surface area contributed by atoms with Crippen molar-refractivity contribution in [3.05, 3.63) is 48.5 Å². The molecule has 0 saturated heterocycles. The van der Waals surface area contributed by atoms with Crippen molar-refractivity contribution in [2.45, 2.75) is 0 Å². The number of H-pyrrole nitrogens is 1. The largest absolute Gasteiger partial charge is 0.508 e. The molecule has 3 heteroatoms. The lowest BCUT2D eigenvalue weighted by Crippen LogP contribution is -1.81. The molecule has 84 valence electrons. The van der Waals surface area contributed by atoms with Gasteiger partial charge in [0.15, 0.2) is 0 Å². The summed E-state index contributed by atoms with van der Waals surface area (Å²) in [7, 11) is 0. The van der Waals surface area contributed by atoms with Crippen LogP contribution in [0.2, 0.25) is 0 Å². The number of nitrogen functional groups attached to an aromatic ring is 1. The van der Waals surface area contributed by atoms with E-state index in [0.717, 1.165) is 27.8 Å². The summed E-state index contributed by atoms with van der Waals surface area (Å²) in [6, 6.07) is 14.9. The SMILES string of the molecule is Nc1ccc2[nH]c(-c3ccc(O)cc3)cc2c1. The van der Waals surface area contributed by atoms with Gasteiger partial charge in [0.2, 0.25) is 0 Å². The van der Waals surface area contributed by atoms with Crippen LogP contribution in [-0.4, -0.2) is 10.1 Å². The average molecular weight is 224 g/mol. The lowest BCUT2D eigenvalue weighted by Gasteiger charge is -1.97. The van der Waals surface area contributed by atoms with Crippen molar-refractivity contribution in [3.8, 4) is 17.0 Å². The van der Waals surface area contributed by atoms with Crippen molar-refractivity contribution < 1.29 is 5.11 Å². The summed E-state index contributed by atoms with van der Waals surface area (Å²) in [5.74, 6) is 0.272. The smallest absolute Gasteiger partial charge is 0.115 e. The van der Waals surface area contributed by atoms with Crippen LogP contribution in [0.4, 0.5) is 5.69 Å². The van der Waals surface area contributed by atoms with E-state index in [2.05, 4.69) is 11.1 Å². The second-order valence-electron chi connectivity index (χ2n) is 4.08. The van der Waals surface area contributed by atoms with Crippen LogP contribution in [0, 0.1) is 0 Å². The zero-order chi connectivity index (χ0) is 11.8. The van der Waals surface area contributed by atoms with Gasteiger partial charge in [0.25, 0.3) is 0 Å². The number of phenols is 1. The summed E-state index contributed by atoms with van der Waals surface area (Å²) in [6.45, 7) is 0. The Balaban J connectivity index is 2.14. The van der Waals surface area contributed by atoms with E-state index in [1.54, 1.807) is 12.1 Å². The van der Waals surface area contributed by atoms with Crippen molar-refractivity contribution in [2.75, 3.05) is 5.73 Å². The zero-order valence-corrected chi connectivity index (χ0v) is 9.14. The number of aromatic hydroxyl groups is 1. The van der Waals surface area contributed by atoms with E-state index in [0.29, 0.717) is 0 Å². The molecule has 0 saturated carbocycles. The van der Waals surface area contributed by atoms with E-state index in [4.69, 9.17) is 5.73 Å². The van der Waals surface area contributed by atoms with Crippen LogP contribution >= 0.6 is 0 Å². The Bertz CT molecular complexity index is 668. The van der Waals surface area contributed by atoms with Gasteiger partial charge in [-0.05, 0) is 54.1 Å². The molecule has 2 aromatic carbocycles. The molecule has 0 aliphatic heterocycles. The predicted molar refractivity (Wildman–Crippen MR) is 69.8 cm³/mol. The summed E-state index contributed by atoms with van der Waals surface area (Å²) >= 11 is 0. The number of hydrogen-bond acceptors (Lipinski definition) is 2. The minimum absolute atomic E-state index is 0.272. The first-order chi connectivity index (χ1) is 8.22. The maximum Gasteiger partial charge on any atom is 0.115 e. The van der Waals surface area contributed by atoms with Crippen molar-refractivity contribution in [1.29, 1.82) is 0 Å². The molecule has 0 aliphatic carbocycles. The molecule has 1 aromatic heterocycles. The first-order valence-electron chi connectivity index (χ1n) is 5.40. The number of aromatic nitrogens is 1. The summed E-state index contributed by atoms with van der Waals surface area (Å²) in [6.07, 6.45) is 0. The summed E-state index contributed by atoms with van der Waals surface area (Å²) in [5, 5.41) is 10.3. The van der Waals surface area contributed by atoms with Crippen LogP contribution in [0.1, 0.15) is 0 Å². The third-order valence-corrected chi connectivity index (χ3v) is 2.82. The third-order valence-electron chi connectivity index (χ3n) is 2.82. The highest BCUT2D eigenvalue weighted by Gasteiger charge is 2.03. The van der Waals surface area contributed by atoms with Gasteiger partial charge in [-0.1, -0.05) is 0 Å². The number of nitrogens with one attached hydrogen (secondary N) is 1. The predicted octanol–water partition coefficient (Wildman–Crippen LogP) is 3.12. The highest BCUT2D eigenvalue weighted by molar-refractivity contribution is 5.88. The Labute approximate surface area is 98.5 Å². The molecule has 0 fully saturated rings. The Hall–Kier alpha value is -2.42. The molecule has 4 N–H and O–H groups in total. The van der Waals surface area contributed by atoms with Gasteiger partial charge in [0.05, 0.1) is 0 Å². The number of aromatic amines is 1. The van der Waals surface area contributed by atoms with Gasteiger partial charge in [0, 0.05) is 22.3 Å². The molecule has 0 aliphatic rings. The second kappa shape index (κ2) is 3.56. The summed E-state index contributed by atoms with van der Waals surface area (Å²) < 4.78 is 0. The molecule has 0 unspecified atom stereocenters. The average Bonchev–Trinajstić information content (AvgIpc) is 2.72. The maximum atomic E-state index is 9.25. The van der Waals surface area contributed by atoms with Crippen LogP contribution in [-0.2, 0) is 0 Å². The van der Waals surface area contributed by atoms with Gasteiger partial charge in [-0.3, -0.25) is 0 Å². The number of benzene rings is 2. The van der Waals surface area contributed by atoms with Gasteiger partial charge in [-0.25, -0.2) is 0 Å². The number of rotatable bonds is 1. The number of hydrogen-bond donors (Lipinski definition) is 3. The molecule has 3 nitrogen and oxygen atoms in total. The maximum absolute atomic E-state index is 9.25. The molecule has 0 radical (unpaired) electrons. The minimum atomic E-state index is 0.272. The highest BCUT2D eigenvalue weighted by atomic mass is 16.3. The van der Waals surface area contributed by atoms with Crippen LogP contribution in [0.15, 0.2) is 48.5 Å². The fourth-order valence-corrected chi connectivity index (χ4v) is 1.95. The van der Waals surface area contributed by atoms with E-state index >= 15 is 0 Å². The van der Waals surface area contributed by atoms with Crippen molar-refractivity contribution in [3.63, 3.8) is 0 Å². The molecule has 0 spiro atoms. The minimum Gasteiger partial charge on any atom is -0.508 e. The van der Waals surface area contributed by atoms with Crippen LogP contribution in [0.25, 0.3) is 22.2 Å². The van der Waals surface area contributed by atoms with Gasteiger partial charge in [-0.2, -0.15) is 0 Å². The number of fused-ring (bicyclic) bond motifs is 1. The van der Waals surface area contributed by atoms with E-state index in [1.165, 1.54) is 0 Å². The van der Waals surface area contributed by atoms with Crippen molar-refractivity contribution in [2.24, 2.45) is 0 Å². The molecule has 0 amide bonds. The molecule has 17 heavy (non-hydrogen) atoms. The Morgan fingerprint density at radius 3 is 2.47 bits per heavy atom. The molecule has 0 atom stereocenters. The van der Waals surface area contributed by atoms with Crippen molar-refractivity contribution >= 4 is 16.6 Å². The number of nitrogens with two attached hydrogens (primary N) is 1. The van der Waals surface area contributed by atoms with E-state index in [-0.39, 0.29) is 5.75 Å². The summed E-state index contributed by atoms with van der Waals surface area (Å²) in [5.41, 5.74) is 9.62. The standard InChI is InChI=1S/C14H12N2O/c15-11-3-6-13-10(7-11)8-14(16-13)9-1-4-12(17)5-2-9/h1-8,16-17H,15H2. The Morgan fingerprint density at radius 2 is 1.71 bits per heavy atom. The second-order valence-corrected chi connectivity index (χ2v) is 4.08. The number of phenolic OH excluding ortho intramolecular Hbond substituents is 1. The Kier molecular flexibility index (Phi) is 2.05. The zero-order valence-electron chi connectivity index (χ0n) is 9.14. The van der Waals surface area contributed by atoms with Gasteiger partial charge in [0.1, 0.15) is 5.75 Å². The van der Waals surface area contributed by atoms with E-state index in [9.17, 15) is 5.11 Å². The summed E-state index contributed by atoms with van der Waals surface area (Å²) in [4.78, 5) is 3.32. The molecular formula is C14H12N2O. The van der Waals surface area contributed by atoms with Gasteiger partial charge in [-0.15, -0.1) is 0 Å². The van der Waals surface area contributed by atoms with Crippen LogP contribution < -0.4 is 5.73 Å². The molecule has 3 aromatic rings. The Morgan fingerprint density at radius 1 is 0.941 bits per heavy atom. The lowest BCUT2D eigenvalue weighted by atomic mass is 10.1. The van der Waals surface area contributed by atoms with E-state index in [1.807, 2.05) is 30.3 Å². The molecular weight excluding hydrogens is 212 g/mol. The van der Waals surface area contributed by atoms with Crippen LogP contribution in [0.3, 0.4) is 0 Å². The highest BCUT2D eigenvalue weighted by Crippen LogP contribution is 2.26. The lowest BCUT2D eigenvalue weighted by molar-refractivity contribution is 0.475. The monoisotopic (exact) mass is 224 g/mol. The molecule has 0 bridgehead atoms. The topological polar surface area (TPSA) is 62.0 Å². The quantitative estimate of drug-likeness (QED) is 0.556. The van der Waals surface area contributed by atoms with E-state index < -0.39 is 0 Å². The number of anilines is 1. The molecule has 3 rings (SSSR count). The first kappa shape index (κ1) is 9.78. The van der Waals surface area contributed by atoms with Crippen molar-refractivity contribution in [1.82, 2.24) is 4.98 Å². The fourth-order valence-electron chi connectivity index (χ4n) is 1.95. The van der Waals surface area contributed by atoms with Crippen LogP contribution in [0.5, 0.6) is 5.75 Å². The fraction of sp³-hybridized carbons (Fsp3) is 0.